The first-order valence-corrected chi connectivity index (χ1v) is 13.6. The van der Waals surface area contributed by atoms with Crippen LogP contribution >= 0.6 is 0 Å². The lowest BCUT2D eigenvalue weighted by molar-refractivity contribution is 0.568. The molecule has 0 spiro atoms. The molecule has 5 aromatic carbocycles. The molecule has 2 heteroatoms. The van der Waals surface area contributed by atoms with Gasteiger partial charge in [-0.15, -0.1) is 0 Å². The van der Waals surface area contributed by atoms with E-state index in [0.29, 0.717) is 0 Å². The Morgan fingerprint density at radius 1 is 0.526 bits per heavy atom. The molecule has 0 saturated carbocycles. The second-order valence-corrected chi connectivity index (χ2v) is 12.9. The van der Waals surface area contributed by atoms with Gasteiger partial charge in [-0.25, -0.2) is 0 Å². The van der Waals surface area contributed by atoms with Crippen LogP contribution in [0, 0.1) is 0 Å². The standard InChI is InChI=1S/C36H34N2/c1-35(2,3)23-17-24(36(4,5)6)19-25(18-23)38-32-14-10-9-13-27(32)28-20-29-31(21-33(28)38)37-30-16-15-22-11-7-8-12-26(22)34(29)30/h7-21,37H,1-6H3. The molecular formula is C36H34N2. The number of nitrogens with one attached hydrogen (secondary N) is 1. The predicted molar refractivity (Wildman–Crippen MR) is 165 cm³/mol. The Bertz CT molecular complexity index is 2000. The van der Waals surface area contributed by atoms with Gasteiger partial charge in [0.25, 0.3) is 0 Å². The highest BCUT2D eigenvalue weighted by Gasteiger charge is 2.23. The lowest BCUT2D eigenvalue weighted by Gasteiger charge is -2.26. The van der Waals surface area contributed by atoms with Crippen molar-refractivity contribution in [1.82, 2.24) is 9.55 Å². The molecule has 2 aromatic heterocycles. The van der Waals surface area contributed by atoms with E-state index in [1.807, 2.05) is 0 Å². The van der Waals surface area contributed by atoms with E-state index in [-0.39, 0.29) is 10.8 Å². The Hall–Kier alpha value is -4.04. The van der Waals surface area contributed by atoms with E-state index in [4.69, 9.17) is 0 Å². The van der Waals surface area contributed by atoms with Gasteiger partial charge in [-0.2, -0.15) is 0 Å². The van der Waals surface area contributed by atoms with Crippen LogP contribution in [0.4, 0.5) is 0 Å². The van der Waals surface area contributed by atoms with Gasteiger partial charge >= 0.3 is 0 Å². The van der Waals surface area contributed by atoms with E-state index < -0.39 is 0 Å². The van der Waals surface area contributed by atoms with Crippen molar-refractivity contribution in [3.8, 4) is 5.69 Å². The van der Waals surface area contributed by atoms with Crippen molar-refractivity contribution < 1.29 is 0 Å². The number of aromatic nitrogens is 2. The third kappa shape index (κ3) is 3.40. The van der Waals surface area contributed by atoms with Crippen LogP contribution < -0.4 is 0 Å². The number of fused-ring (bicyclic) bond motifs is 8. The highest BCUT2D eigenvalue weighted by molar-refractivity contribution is 6.24. The molecule has 0 bridgehead atoms. The van der Waals surface area contributed by atoms with E-state index in [0.717, 1.165) is 0 Å². The van der Waals surface area contributed by atoms with Gasteiger partial charge < -0.3 is 9.55 Å². The molecule has 2 heterocycles. The Morgan fingerprint density at radius 2 is 1.18 bits per heavy atom. The van der Waals surface area contributed by atoms with Crippen molar-refractivity contribution in [2.24, 2.45) is 0 Å². The maximum absolute atomic E-state index is 3.74. The Kier molecular flexibility index (Phi) is 4.70. The first kappa shape index (κ1) is 23.1. The third-order valence-electron chi connectivity index (χ3n) is 8.19. The number of aromatic amines is 1. The minimum absolute atomic E-state index is 0.0558. The average Bonchev–Trinajstić information content (AvgIpc) is 3.41. The van der Waals surface area contributed by atoms with Crippen molar-refractivity contribution in [2.45, 2.75) is 52.4 Å². The molecule has 38 heavy (non-hydrogen) atoms. The molecule has 188 valence electrons. The van der Waals surface area contributed by atoms with Crippen molar-refractivity contribution in [1.29, 1.82) is 0 Å². The Morgan fingerprint density at radius 3 is 1.89 bits per heavy atom. The summed E-state index contributed by atoms with van der Waals surface area (Å²) in [4.78, 5) is 3.74. The summed E-state index contributed by atoms with van der Waals surface area (Å²) in [6.45, 7) is 13.8. The number of hydrogen-bond donors (Lipinski definition) is 1. The van der Waals surface area contributed by atoms with E-state index >= 15 is 0 Å². The molecule has 0 aliphatic rings. The topological polar surface area (TPSA) is 20.7 Å². The van der Waals surface area contributed by atoms with Crippen LogP contribution in [0.25, 0.3) is 60.1 Å². The van der Waals surface area contributed by atoms with Crippen LogP contribution in [-0.2, 0) is 10.8 Å². The molecule has 0 saturated heterocycles. The second-order valence-electron chi connectivity index (χ2n) is 12.9. The summed E-state index contributed by atoms with van der Waals surface area (Å²) in [7, 11) is 0. The summed E-state index contributed by atoms with van der Waals surface area (Å²) in [5, 5.41) is 7.75. The molecule has 0 radical (unpaired) electrons. The normalized spacial score (nSPS) is 13.0. The van der Waals surface area contributed by atoms with Crippen molar-refractivity contribution >= 4 is 54.4 Å². The number of nitrogens with zero attached hydrogens (tertiary/aromatic N) is 1. The van der Waals surface area contributed by atoms with Gasteiger partial charge in [0.2, 0.25) is 0 Å². The lowest BCUT2D eigenvalue weighted by Crippen LogP contribution is -2.17. The van der Waals surface area contributed by atoms with E-state index in [2.05, 4.69) is 142 Å². The summed E-state index contributed by atoms with van der Waals surface area (Å²) in [5.41, 5.74) is 8.92. The maximum atomic E-state index is 3.74. The highest BCUT2D eigenvalue weighted by atomic mass is 15.0. The molecule has 7 aromatic rings. The summed E-state index contributed by atoms with van der Waals surface area (Å²) < 4.78 is 2.47. The third-order valence-corrected chi connectivity index (χ3v) is 8.19. The lowest BCUT2D eigenvalue weighted by atomic mass is 9.80. The van der Waals surface area contributed by atoms with Gasteiger partial charge in [0.05, 0.1) is 11.0 Å². The van der Waals surface area contributed by atoms with Gasteiger partial charge in [-0.1, -0.05) is 96.1 Å². The van der Waals surface area contributed by atoms with Crippen molar-refractivity contribution in [3.05, 3.63) is 102 Å². The Balaban J connectivity index is 1.62. The zero-order valence-corrected chi connectivity index (χ0v) is 23.1. The van der Waals surface area contributed by atoms with E-state index in [1.165, 1.54) is 71.2 Å². The summed E-state index contributed by atoms with van der Waals surface area (Å²) in [6, 6.07) is 33.9. The molecule has 1 N–H and O–H groups in total. The molecule has 7 rings (SSSR count). The van der Waals surface area contributed by atoms with Crippen LogP contribution in [0.15, 0.2) is 91.0 Å². The molecule has 0 aliphatic heterocycles. The molecule has 0 amide bonds. The van der Waals surface area contributed by atoms with E-state index in [9.17, 15) is 0 Å². The van der Waals surface area contributed by atoms with Crippen molar-refractivity contribution in [2.75, 3.05) is 0 Å². The van der Waals surface area contributed by atoms with E-state index in [1.54, 1.807) is 0 Å². The first-order valence-electron chi connectivity index (χ1n) is 13.6. The number of H-pyrrole nitrogens is 1. The number of benzene rings is 5. The predicted octanol–water partition coefficient (Wildman–Crippen LogP) is 10.2. The molecule has 0 unspecified atom stereocenters. The molecule has 0 atom stereocenters. The minimum Gasteiger partial charge on any atom is -0.354 e. The fourth-order valence-electron chi connectivity index (χ4n) is 6.02. The average molecular weight is 495 g/mol. The van der Waals surface area contributed by atoms with Gasteiger partial charge in [-0.3, -0.25) is 0 Å². The second kappa shape index (κ2) is 7.74. The van der Waals surface area contributed by atoms with Crippen LogP contribution in [0.3, 0.4) is 0 Å². The summed E-state index contributed by atoms with van der Waals surface area (Å²) in [5.74, 6) is 0. The summed E-state index contributed by atoms with van der Waals surface area (Å²) in [6.07, 6.45) is 0. The molecule has 0 aliphatic carbocycles. The minimum atomic E-state index is 0.0558. The quantitative estimate of drug-likeness (QED) is 0.234. The molecular weight excluding hydrogens is 460 g/mol. The van der Waals surface area contributed by atoms with Crippen LogP contribution in [-0.4, -0.2) is 9.55 Å². The molecule has 2 nitrogen and oxygen atoms in total. The van der Waals surface area contributed by atoms with Gasteiger partial charge in [0.15, 0.2) is 0 Å². The fourth-order valence-corrected chi connectivity index (χ4v) is 6.02. The van der Waals surface area contributed by atoms with Gasteiger partial charge in [0, 0.05) is 38.3 Å². The molecule has 0 fully saturated rings. The largest absolute Gasteiger partial charge is 0.354 e. The van der Waals surface area contributed by atoms with Crippen LogP contribution in [0.2, 0.25) is 0 Å². The van der Waals surface area contributed by atoms with Gasteiger partial charge in [0.1, 0.15) is 0 Å². The number of rotatable bonds is 1. The Labute approximate surface area is 223 Å². The maximum Gasteiger partial charge on any atom is 0.0562 e. The SMILES string of the molecule is CC(C)(C)c1cc(-n2c3ccccc3c3cc4c(cc32)[nH]c2ccc3ccccc3c24)cc(C(C)(C)C)c1. The fraction of sp³-hybridized carbons (Fsp3) is 0.222. The number of hydrogen-bond acceptors (Lipinski definition) is 0. The van der Waals surface area contributed by atoms with Crippen LogP contribution in [0.5, 0.6) is 0 Å². The monoisotopic (exact) mass is 494 g/mol. The summed E-state index contributed by atoms with van der Waals surface area (Å²) >= 11 is 0. The highest BCUT2D eigenvalue weighted by Crippen LogP contribution is 2.40. The zero-order valence-electron chi connectivity index (χ0n) is 23.1. The zero-order chi connectivity index (χ0) is 26.4. The van der Waals surface area contributed by atoms with Crippen LogP contribution in [0.1, 0.15) is 52.7 Å². The van der Waals surface area contributed by atoms with Crippen molar-refractivity contribution in [3.63, 3.8) is 0 Å². The van der Waals surface area contributed by atoms with Gasteiger partial charge in [-0.05, 0) is 69.1 Å². The first-order chi connectivity index (χ1) is 18.1. The number of para-hydroxylation sites is 1. The smallest absolute Gasteiger partial charge is 0.0562 e.